The molecular weight excluding hydrogens is 343 g/mol. The van der Waals surface area contributed by atoms with Gasteiger partial charge in [0, 0.05) is 62.9 Å². The van der Waals surface area contributed by atoms with Gasteiger partial charge in [-0.2, -0.15) is 5.10 Å². The summed E-state index contributed by atoms with van der Waals surface area (Å²) in [5.41, 5.74) is 3.32. The Balaban J connectivity index is 1.34. The first kappa shape index (κ1) is 17.6. The highest BCUT2D eigenvalue weighted by Gasteiger charge is 2.26. The number of nitrogens with one attached hydrogen (secondary N) is 2. The number of likely N-dealkylation sites (tertiary alicyclic amines) is 1. The normalized spacial score (nSPS) is 17.8. The minimum Gasteiger partial charge on any atom is -0.361 e. The Kier molecular flexibility index (Phi) is 4.83. The molecule has 1 aromatic carbocycles. The number of aromatic amines is 1. The number of halogens is 1. The molecule has 2 aromatic heterocycles. The van der Waals surface area contributed by atoms with Crippen molar-refractivity contribution in [3.8, 4) is 0 Å². The highest BCUT2D eigenvalue weighted by atomic mass is 19.1. The minimum atomic E-state index is -0.216. The number of hydrogen-bond donors (Lipinski definition) is 2. The molecule has 142 valence electrons. The van der Waals surface area contributed by atoms with Crippen LogP contribution in [0.4, 0.5) is 4.39 Å². The third kappa shape index (κ3) is 3.67. The second-order valence-corrected chi connectivity index (χ2v) is 7.11. The molecule has 7 heteroatoms. The lowest BCUT2D eigenvalue weighted by Gasteiger charge is -2.21. The zero-order chi connectivity index (χ0) is 18.8. The summed E-state index contributed by atoms with van der Waals surface area (Å²) in [5.74, 6) is 1.22. The van der Waals surface area contributed by atoms with Gasteiger partial charge >= 0.3 is 0 Å². The summed E-state index contributed by atoms with van der Waals surface area (Å²) >= 11 is 0. The lowest BCUT2D eigenvalue weighted by atomic mass is 10.0. The molecule has 1 unspecified atom stereocenters. The molecule has 1 atom stereocenters. The number of aliphatic imine (C=N–C) groups is 1. The van der Waals surface area contributed by atoms with Crippen molar-refractivity contribution in [2.75, 3.05) is 26.7 Å². The standard InChI is InChI=1S/C20H25FN6/c1-22-20(27-8-6-15(13-27)16-11-25-26(2)12-16)23-7-5-14-10-24-19-9-17(21)3-4-18(14)19/h3-4,9-12,15,24H,5-8,13H2,1-2H3,(H,22,23). The van der Waals surface area contributed by atoms with Crippen molar-refractivity contribution in [1.29, 1.82) is 0 Å². The van der Waals surface area contributed by atoms with E-state index in [9.17, 15) is 4.39 Å². The largest absolute Gasteiger partial charge is 0.361 e. The Morgan fingerprint density at radius 1 is 1.44 bits per heavy atom. The van der Waals surface area contributed by atoms with Gasteiger partial charge in [0.1, 0.15) is 5.82 Å². The van der Waals surface area contributed by atoms with Gasteiger partial charge < -0.3 is 15.2 Å². The number of benzene rings is 1. The van der Waals surface area contributed by atoms with Crippen molar-refractivity contribution in [2.24, 2.45) is 12.0 Å². The average molecular weight is 368 g/mol. The monoisotopic (exact) mass is 368 g/mol. The van der Waals surface area contributed by atoms with Gasteiger partial charge in [-0.25, -0.2) is 4.39 Å². The summed E-state index contributed by atoms with van der Waals surface area (Å²) in [6, 6.07) is 4.88. The molecule has 0 aliphatic carbocycles. The SMILES string of the molecule is CN=C(NCCc1c[nH]c2cc(F)ccc12)N1CCC(c2cnn(C)c2)C1. The lowest BCUT2D eigenvalue weighted by Crippen LogP contribution is -2.40. The number of rotatable bonds is 4. The van der Waals surface area contributed by atoms with Crippen molar-refractivity contribution in [3.63, 3.8) is 0 Å². The maximum atomic E-state index is 13.3. The van der Waals surface area contributed by atoms with Crippen LogP contribution in [0, 0.1) is 5.82 Å². The third-order valence-corrected chi connectivity index (χ3v) is 5.30. The van der Waals surface area contributed by atoms with E-state index in [1.807, 2.05) is 37.2 Å². The Morgan fingerprint density at radius 2 is 2.33 bits per heavy atom. The number of guanidine groups is 1. The fraction of sp³-hybridized carbons (Fsp3) is 0.400. The molecule has 1 aliphatic rings. The number of aromatic nitrogens is 3. The summed E-state index contributed by atoms with van der Waals surface area (Å²) in [6.45, 7) is 2.73. The van der Waals surface area contributed by atoms with Crippen LogP contribution < -0.4 is 5.32 Å². The molecule has 0 saturated carbocycles. The van der Waals surface area contributed by atoms with E-state index >= 15 is 0 Å². The van der Waals surface area contributed by atoms with E-state index in [4.69, 9.17) is 0 Å². The minimum absolute atomic E-state index is 0.216. The first-order valence-corrected chi connectivity index (χ1v) is 9.33. The molecule has 4 rings (SSSR count). The van der Waals surface area contributed by atoms with E-state index in [1.165, 1.54) is 23.3 Å². The van der Waals surface area contributed by atoms with E-state index < -0.39 is 0 Å². The fourth-order valence-corrected chi connectivity index (χ4v) is 3.88. The van der Waals surface area contributed by atoms with Crippen molar-refractivity contribution in [3.05, 3.63) is 53.7 Å². The van der Waals surface area contributed by atoms with Gasteiger partial charge in [0.15, 0.2) is 5.96 Å². The average Bonchev–Trinajstić information content (AvgIpc) is 3.38. The van der Waals surface area contributed by atoms with E-state index in [1.54, 1.807) is 0 Å². The predicted octanol–water partition coefficient (Wildman–Crippen LogP) is 2.65. The number of hydrogen-bond acceptors (Lipinski definition) is 2. The van der Waals surface area contributed by atoms with Crippen molar-refractivity contribution < 1.29 is 4.39 Å². The highest BCUT2D eigenvalue weighted by molar-refractivity contribution is 5.83. The van der Waals surface area contributed by atoms with Crippen LogP contribution in [-0.4, -0.2) is 52.3 Å². The fourth-order valence-electron chi connectivity index (χ4n) is 3.88. The zero-order valence-electron chi connectivity index (χ0n) is 15.7. The molecule has 6 nitrogen and oxygen atoms in total. The van der Waals surface area contributed by atoms with Crippen LogP contribution >= 0.6 is 0 Å². The molecule has 0 amide bonds. The number of H-pyrrole nitrogens is 1. The van der Waals surface area contributed by atoms with E-state index in [0.717, 1.165) is 49.3 Å². The van der Waals surface area contributed by atoms with Crippen LogP contribution in [-0.2, 0) is 13.5 Å². The van der Waals surface area contributed by atoms with Gasteiger partial charge in [-0.1, -0.05) is 0 Å². The van der Waals surface area contributed by atoms with Crippen molar-refractivity contribution in [1.82, 2.24) is 25.0 Å². The van der Waals surface area contributed by atoms with E-state index in [0.29, 0.717) is 5.92 Å². The highest BCUT2D eigenvalue weighted by Crippen LogP contribution is 2.26. The van der Waals surface area contributed by atoms with Crippen LogP contribution in [0.2, 0.25) is 0 Å². The molecule has 27 heavy (non-hydrogen) atoms. The van der Waals surface area contributed by atoms with E-state index in [2.05, 4.69) is 31.5 Å². The molecular formula is C20H25FN6. The van der Waals surface area contributed by atoms with Gasteiger partial charge in [0.05, 0.1) is 6.20 Å². The van der Waals surface area contributed by atoms with Gasteiger partial charge in [-0.3, -0.25) is 9.67 Å². The van der Waals surface area contributed by atoms with Crippen LogP contribution in [0.3, 0.4) is 0 Å². The van der Waals surface area contributed by atoms with Crippen molar-refractivity contribution >= 4 is 16.9 Å². The van der Waals surface area contributed by atoms with Gasteiger partial charge in [-0.05, 0) is 42.2 Å². The Morgan fingerprint density at radius 3 is 3.11 bits per heavy atom. The summed E-state index contributed by atoms with van der Waals surface area (Å²) in [6.07, 6.45) is 7.99. The number of aryl methyl sites for hydroxylation is 1. The zero-order valence-corrected chi connectivity index (χ0v) is 15.7. The Labute approximate surface area is 158 Å². The second kappa shape index (κ2) is 7.42. The van der Waals surface area contributed by atoms with Crippen LogP contribution in [0.5, 0.6) is 0 Å². The lowest BCUT2D eigenvalue weighted by molar-refractivity contribution is 0.486. The molecule has 1 aliphatic heterocycles. The third-order valence-electron chi connectivity index (χ3n) is 5.30. The molecule has 0 spiro atoms. The summed E-state index contributed by atoms with van der Waals surface area (Å²) in [7, 11) is 3.78. The van der Waals surface area contributed by atoms with E-state index in [-0.39, 0.29) is 5.82 Å². The maximum Gasteiger partial charge on any atom is 0.193 e. The Hall–Kier alpha value is -2.83. The Bertz CT molecular complexity index is 956. The predicted molar refractivity (Wildman–Crippen MR) is 105 cm³/mol. The molecule has 2 N–H and O–H groups in total. The van der Waals surface area contributed by atoms with Crippen LogP contribution in [0.25, 0.3) is 10.9 Å². The topological polar surface area (TPSA) is 61.2 Å². The van der Waals surface area contributed by atoms with Gasteiger partial charge in [0.2, 0.25) is 0 Å². The summed E-state index contributed by atoms with van der Waals surface area (Å²) in [4.78, 5) is 9.90. The van der Waals surface area contributed by atoms with Gasteiger partial charge in [0.25, 0.3) is 0 Å². The molecule has 3 heterocycles. The quantitative estimate of drug-likeness (QED) is 0.550. The first-order chi connectivity index (χ1) is 13.1. The molecule has 0 bridgehead atoms. The molecule has 0 radical (unpaired) electrons. The first-order valence-electron chi connectivity index (χ1n) is 9.33. The number of fused-ring (bicyclic) bond motifs is 1. The van der Waals surface area contributed by atoms with Crippen molar-refractivity contribution in [2.45, 2.75) is 18.8 Å². The maximum absolute atomic E-state index is 13.3. The van der Waals surface area contributed by atoms with Crippen LogP contribution in [0.15, 0.2) is 41.8 Å². The van der Waals surface area contributed by atoms with Crippen LogP contribution in [0.1, 0.15) is 23.5 Å². The molecule has 1 saturated heterocycles. The van der Waals surface area contributed by atoms with Gasteiger partial charge in [-0.15, -0.1) is 0 Å². The number of nitrogens with zero attached hydrogens (tertiary/aromatic N) is 4. The molecule has 1 fully saturated rings. The summed E-state index contributed by atoms with van der Waals surface area (Å²) < 4.78 is 15.2. The second-order valence-electron chi connectivity index (χ2n) is 7.11. The molecule has 3 aromatic rings. The smallest absolute Gasteiger partial charge is 0.193 e. The summed E-state index contributed by atoms with van der Waals surface area (Å²) in [5, 5.41) is 8.83.